The van der Waals surface area contributed by atoms with Crippen molar-refractivity contribution in [3.63, 3.8) is 0 Å². The van der Waals surface area contributed by atoms with Gasteiger partial charge in [0.2, 0.25) is 0 Å². The van der Waals surface area contributed by atoms with Crippen molar-refractivity contribution >= 4 is 0 Å². The van der Waals surface area contributed by atoms with Gasteiger partial charge in [0.15, 0.2) is 0 Å². The van der Waals surface area contributed by atoms with Crippen molar-refractivity contribution < 1.29 is 28.4 Å². The highest BCUT2D eigenvalue weighted by Gasteiger charge is 2.10. The Morgan fingerprint density at radius 3 is 0.775 bits per heavy atom. The third-order valence-corrected chi connectivity index (χ3v) is 6.96. The molecule has 0 radical (unpaired) electrons. The van der Waals surface area contributed by atoms with Crippen LogP contribution >= 0.6 is 0 Å². The highest BCUT2D eigenvalue weighted by Crippen LogP contribution is 2.32. The number of hydrogen-bond donors (Lipinski definition) is 0. The molecule has 6 heteroatoms. The zero-order chi connectivity index (χ0) is 28.5. The first kappa shape index (κ1) is 28.7. The second kappa shape index (κ2) is 13.7. The highest BCUT2D eigenvalue weighted by atomic mass is 16.5. The van der Waals surface area contributed by atoms with Crippen LogP contribution in [-0.2, 0) is 25.7 Å². The summed E-state index contributed by atoms with van der Waals surface area (Å²) in [5, 5.41) is 0. The normalized spacial score (nSPS) is 10.7. The van der Waals surface area contributed by atoms with E-state index in [-0.39, 0.29) is 0 Å². The molecular formula is C34H38O6. The minimum atomic E-state index is 0.789. The molecule has 0 aliphatic heterocycles. The zero-order valence-corrected chi connectivity index (χ0v) is 24.2. The fourth-order valence-electron chi connectivity index (χ4n) is 4.78. The predicted molar refractivity (Wildman–Crippen MR) is 159 cm³/mol. The molecule has 0 N–H and O–H groups in total. The molecule has 40 heavy (non-hydrogen) atoms. The first-order valence-corrected chi connectivity index (χ1v) is 13.3. The summed E-state index contributed by atoms with van der Waals surface area (Å²) in [7, 11) is 10.1. The molecule has 6 nitrogen and oxygen atoms in total. The van der Waals surface area contributed by atoms with Gasteiger partial charge >= 0.3 is 0 Å². The molecule has 0 aromatic heterocycles. The average molecular weight is 543 g/mol. The lowest BCUT2D eigenvalue weighted by atomic mass is 9.95. The van der Waals surface area contributed by atoms with Crippen LogP contribution in [0.3, 0.4) is 0 Å². The lowest BCUT2D eigenvalue weighted by Crippen LogP contribution is -1.97. The molecule has 0 fully saturated rings. The number of ether oxygens (including phenoxy) is 6. The van der Waals surface area contributed by atoms with Crippen LogP contribution in [-0.4, -0.2) is 42.7 Å². The summed E-state index contributed by atoms with van der Waals surface area (Å²) in [6.45, 7) is 0. The predicted octanol–water partition coefficient (Wildman–Crippen LogP) is 6.98. The van der Waals surface area contributed by atoms with Crippen LogP contribution in [0.4, 0.5) is 0 Å². The fraction of sp³-hybridized carbons (Fsp3) is 0.294. The number of methoxy groups -OCH3 is 6. The topological polar surface area (TPSA) is 55.4 Å². The van der Waals surface area contributed by atoms with Gasteiger partial charge in [-0.2, -0.15) is 0 Å². The van der Waals surface area contributed by atoms with Crippen LogP contribution < -0.4 is 28.4 Å². The molecule has 0 amide bonds. The van der Waals surface area contributed by atoms with Crippen LogP contribution in [0.5, 0.6) is 34.5 Å². The van der Waals surface area contributed by atoms with Crippen molar-refractivity contribution in [2.45, 2.75) is 25.7 Å². The van der Waals surface area contributed by atoms with E-state index in [0.29, 0.717) is 0 Å². The molecular weight excluding hydrogens is 504 g/mol. The Labute approximate surface area is 237 Å². The lowest BCUT2D eigenvalue weighted by Gasteiger charge is -2.14. The van der Waals surface area contributed by atoms with E-state index in [0.717, 1.165) is 82.4 Å². The van der Waals surface area contributed by atoms with Gasteiger partial charge < -0.3 is 28.4 Å². The van der Waals surface area contributed by atoms with E-state index in [2.05, 4.69) is 60.7 Å². The van der Waals surface area contributed by atoms with Gasteiger partial charge in [-0.3, -0.25) is 0 Å². The molecule has 0 spiro atoms. The standard InChI is InChI=1S/C34H38O6/c1-35-29-13-23(7-9-25-15-31(37-3)21-32(16-25)38-4)11-27(19-29)28-12-24(14-30(20-28)36-2)8-10-26-17-33(39-5)22-34(18-26)40-6/h11-22H,7-10H2,1-6H3. The number of hydrogen-bond acceptors (Lipinski definition) is 6. The summed E-state index contributed by atoms with van der Waals surface area (Å²) in [6.07, 6.45) is 3.37. The molecule has 0 atom stereocenters. The van der Waals surface area contributed by atoms with E-state index in [9.17, 15) is 0 Å². The number of rotatable bonds is 13. The molecule has 0 bridgehead atoms. The Bertz CT molecular complexity index is 1270. The molecule has 4 aromatic rings. The van der Waals surface area contributed by atoms with Gasteiger partial charge in [-0.1, -0.05) is 12.1 Å². The van der Waals surface area contributed by atoms with Gasteiger partial charge in [0.05, 0.1) is 42.7 Å². The molecule has 0 saturated heterocycles. The maximum absolute atomic E-state index is 5.68. The Hall–Kier alpha value is -4.32. The Kier molecular flexibility index (Phi) is 9.79. The molecule has 0 unspecified atom stereocenters. The van der Waals surface area contributed by atoms with E-state index < -0.39 is 0 Å². The van der Waals surface area contributed by atoms with E-state index >= 15 is 0 Å². The zero-order valence-electron chi connectivity index (χ0n) is 24.2. The second-order valence-electron chi connectivity index (χ2n) is 9.58. The first-order valence-electron chi connectivity index (χ1n) is 13.3. The van der Waals surface area contributed by atoms with Crippen LogP contribution in [0, 0.1) is 0 Å². The lowest BCUT2D eigenvalue weighted by molar-refractivity contribution is 0.393. The monoisotopic (exact) mass is 542 g/mol. The summed E-state index contributed by atoms with van der Waals surface area (Å²) in [5.74, 6) is 4.80. The van der Waals surface area contributed by atoms with Crippen molar-refractivity contribution in [2.24, 2.45) is 0 Å². The highest BCUT2D eigenvalue weighted by molar-refractivity contribution is 5.69. The fourth-order valence-corrected chi connectivity index (χ4v) is 4.78. The van der Waals surface area contributed by atoms with E-state index in [1.54, 1.807) is 42.7 Å². The quantitative estimate of drug-likeness (QED) is 0.182. The third-order valence-electron chi connectivity index (χ3n) is 6.96. The van der Waals surface area contributed by atoms with Gasteiger partial charge in [-0.15, -0.1) is 0 Å². The number of aryl methyl sites for hydroxylation is 4. The van der Waals surface area contributed by atoms with E-state index in [1.807, 2.05) is 12.1 Å². The van der Waals surface area contributed by atoms with Crippen LogP contribution in [0.15, 0.2) is 72.8 Å². The van der Waals surface area contributed by atoms with Crippen molar-refractivity contribution in [2.75, 3.05) is 42.7 Å². The van der Waals surface area contributed by atoms with Crippen LogP contribution in [0.2, 0.25) is 0 Å². The molecule has 0 aliphatic rings. The van der Waals surface area contributed by atoms with Crippen molar-refractivity contribution in [1.82, 2.24) is 0 Å². The van der Waals surface area contributed by atoms with Gasteiger partial charge in [0.1, 0.15) is 34.5 Å². The molecule has 210 valence electrons. The first-order chi connectivity index (χ1) is 19.5. The summed E-state index contributed by atoms with van der Waals surface area (Å²) in [6, 6.07) is 24.8. The second-order valence-corrected chi connectivity index (χ2v) is 9.58. The van der Waals surface area contributed by atoms with E-state index in [1.165, 1.54) is 11.1 Å². The Morgan fingerprint density at radius 2 is 0.525 bits per heavy atom. The molecule has 0 saturated carbocycles. The Morgan fingerprint density at radius 1 is 0.300 bits per heavy atom. The van der Waals surface area contributed by atoms with Gasteiger partial charge in [0, 0.05) is 12.1 Å². The molecule has 4 aromatic carbocycles. The van der Waals surface area contributed by atoms with Crippen molar-refractivity contribution in [3.05, 3.63) is 95.1 Å². The molecule has 0 heterocycles. The van der Waals surface area contributed by atoms with Crippen LogP contribution in [0.1, 0.15) is 22.3 Å². The van der Waals surface area contributed by atoms with Gasteiger partial charge in [0.25, 0.3) is 0 Å². The van der Waals surface area contributed by atoms with Crippen molar-refractivity contribution in [1.29, 1.82) is 0 Å². The summed E-state index contributed by atoms with van der Waals surface area (Å²) in [4.78, 5) is 0. The third kappa shape index (κ3) is 7.41. The van der Waals surface area contributed by atoms with Gasteiger partial charge in [-0.05, 0) is 108 Å². The van der Waals surface area contributed by atoms with E-state index in [4.69, 9.17) is 28.4 Å². The summed E-state index contributed by atoms with van der Waals surface area (Å²) < 4.78 is 33.1. The minimum absolute atomic E-state index is 0.789. The maximum Gasteiger partial charge on any atom is 0.122 e. The molecule has 4 rings (SSSR count). The minimum Gasteiger partial charge on any atom is -0.497 e. The number of benzene rings is 4. The SMILES string of the molecule is COc1cc(CCc2cc(OC)cc(-c3cc(CCc4cc(OC)cc(OC)c4)cc(OC)c3)c2)cc(OC)c1. The largest absolute Gasteiger partial charge is 0.497 e. The van der Waals surface area contributed by atoms with Crippen LogP contribution in [0.25, 0.3) is 11.1 Å². The molecule has 0 aliphatic carbocycles. The van der Waals surface area contributed by atoms with Gasteiger partial charge in [-0.25, -0.2) is 0 Å². The summed E-state index contributed by atoms with van der Waals surface area (Å²) >= 11 is 0. The van der Waals surface area contributed by atoms with Crippen molar-refractivity contribution in [3.8, 4) is 45.6 Å². The summed E-state index contributed by atoms with van der Waals surface area (Å²) in [5.41, 5.74) is 6.84. The smallest absolute Gasteiger partial charge is 0.122 e. The maximum atomic E-state index is 5.68. The Balaban J connectivity index is 1.59. The average Bonchev–Trinajstić information content (AvgIpc) is 3.01.